The van der Waals surface area contributed by atoms with Gasteiger partial charge in [0.2, 0.25) is 6.33 Å². The first kappa shape index (κ1) is 13.5. The van der Waals surface area contributed by atoms with Crippen molar-refractivity contribution in [3.8, 4) is 0 Å². The lowest BCUT2D eigenvalue weighted by Gasteiger charge is -2.03. The zero-order valence-electron chi connectivity index (χ0n) is 10.7. The molecule has 0 saturated heterocycles. The Hall–Kier alpha value is -1.58. The summed E-state index contributed by atoms with van der Waals surface area (Å²) >= 11 is 0. The van der Waals surface area contributed by atoms with Gasteiger partial charge in [-0.2, -0.15) is 0 Å². The molecule has 94 valence electrons. The van der Waals surface area contributed by atoms with Crippen LogP contribution in [0.2, 0.25) is 0 Å². The number of hydrogen-bond donors (Lipinski definition) is 0. The largest absolute Gasteiger partial charge is 0.462 e. The molecule has 0 N–H and O–H groups in total. The molecule has 4 nitrogen and oxygen atoms in total. The monoisotopic (exact) mass is 237 g/mol. The maximum Gasteiger partial charge on any atom is 0.333 e. The summed E-state index contributed by atoms with van der Waals surface area (Å²) in [7, 11) is 2.01. The Morgan fingerprint density at radius 1 is 1.41 bits per heavy atom. The van der Waals surface area contributed by atoms with Gasteiger partial charge < -0.3 is 4.74 Å². The average molecular weight is 237 g/mol. The van der Waals surface area contributed by atoms with Crippen LogP contribution in [0.1, 0.15) is 26.2 Å². The lowest BCUT2D eigenvalue weighted by Crippen LogP contribution is -2.23. The fraction of sp³-hybridized carbons (Fsp3) is 0.538. The van der Waals surface area contributed by atoms with E-state index in [-0.39, 0.29) is 5.97 Å². The van der Waals surface area contributed by atoms with Crippen molar-refractivity contribution in [2.45, 2.75) is 32.7 Å². The summed E-state index contributed by atoms with van der Waals surface area (Å²) in [5, 5.41) is 0. The minimum atomic E-state index is -0.289. The molecular formula is C13H21N2O2+. The Bertz CT molecular complexity index is 383. The van der Waals surface area contributed by atoms with E-state index in [9.17, 15) is 4.79 Å². The SMILES string of the molecule is C=C(C)C(=O)OCCCCCn1cc[n+](C)c1. The molecule has 0 aliphatic carbocycles. The van der Waals surface area contributed by atoms with Crippen LogP contribution in [0.25, 0.3) is 0 Å². The molecule has 1 heterocycles. The number of imidazole rings is 1. The first-order valence-corrected chi connectivity index (χ1v) is 5.93. The van der Waals surface area contributed by atoms with E-state index in [1.807, 2.05) is 17.8 Å². The predicted molar refractivity (Wildman–Crippen MR) is 65.2 cm³/mol. The maximum absolute atomic E-state index is 11.1. The number of unbranched alkanes of at least 4 members (excludes halogenated alkanes) is 2. The van der Waals surface area contributed by atoms with Crippen molar-refractivity contribution >= 4 is 5.97 Å². The Morgan fingerprint density at radius 2 is 2.18 bits per heavy atom. The zero-order valence-corrected chi connectivity index (χ0v) is 10.7. The summed E-state index contributed by atoms with van der Waals surface area (Å²) in [5.74, 6) is -0.289. The second-order valence-corrected chi connectivity index (χ2v) is 4.29. The molecule has 0 unspecified atom stereocenters. The van der Waals surface area contributed by atoms with Crippen molar-refractivity contribution in [3.63, 3.8) is 0 Å². The van der Waals surface area contributed by atoms with Crippen LogP contribution >= 0.6 is 0 Å². The van der Waals surface area contributed by atoms with Gasteiger partial charge in [0, 0.05) is 5.57 Å². The van der Waals surface area contributed by atoms with E-state index in [0.29, 0.717) is 12.2 Å². The summed E-state index contributed by atoms with van der Waals surface area (Å²) < 4.78 is 9.19. The fourth-order valence-electron chi connectivity index (χ4n) is 1.50. The number of rotatable bonds is 7. The van der Waals surface area contributed by atoms with E-state index >= 15 is 0 Å². The number of ether oxygens (including phenoxy) is 1. The van der Waals surface area contributed by atoms with E-state index < -0.39 is 0 Å². The minimum Gasteiger partial charge on any atom is -0.462 e. The van der Waals surface area contributed by atoms with Crippen LogP contribution in [0.3, 0.4) is 0 Å². The van der Waals surface area contributed by atoms with Crippen LogP contribution in [0.5, 0.6) is 0 Å². The summed E-state index contributed by atoms with van der Waals surface area (Å²) in [6.45, 7) is 6.69. The lowest BCUT2D eigenvalue weighted by molar-refractivity contribution is -0.671. The summed E-state index contributed by atoms with van der Waals surface area (Å²) in [5.41, 5.74) is 0.463. The third kappa shape index (κ3) is 5.33. The second kappa shape index (κ2) is 6.89. The molecule has 0 spiro atoms. The topological polar surface area (TPSA) is 35.1 Å². The van der Waals surface area contributed by atoms with Gasteiger partial charge in [-0.15, -0.1) is 0 Å². The van der Waals surface area contributed by atoms with Crippen molar-refractivity contribution in [1.82, 2.24) is 4.57 Å². The molecule has 1 aromatic rings. The van der Waals surface area contributed by atoms with Gasteiger partial charge in [-0.1, -0.05) is 6.58 Å². The molecule has 0 atom stereocenters. The van der Waals surface area contributed by atoms with E-state index in [1.165, 1.54) is 0 Å². The first-order chi connectivity index (χ1) is 8.09. The lowest BCUT2D eigenvalue weighted by atomic mass is 10.2. The van der Waals surface area contributed by atoms with Crippen LogP contribution in [-0.4, -0.2) is 17.1 Å². The number of aromatic nitrogens is 2. The third-order valence-corrected chi connectivity index (χ3v) is 2.47. The highest BCUT2D eigenvalue weighted by Gasteiger charge is 2.02. The van der Waals surface area contributed by atoms with Gasteiger partial charge in [0.05, 0.1) is 20.2 Å². The van der Waals surface area contributed by atoms with Crippen molar-refractivity contribution in [1.29, 1.82) is 0 Å². The van der Waals surface area contributed by atoms with Crippen molar-refractivity contribution < 1.29 is 14.1 Å². The molecule has 17 heavy (non-hydrogen) atoms. The molecule has 0 aliphatic rings. The number of carbonyl (C=O) groups excluding carboxylic acids is 1. The highest BCUT2D eigenvalue weighted by atomic mass is 16.5. The van der Waals surface area contributed by atoms with Crippen LogP contribution in [0, 0.1) is 0 Å². The Labute approximate surface area is 103 Å². The highest BCUT2D eigenvalue weighted by Crippen LogP contribution is 2.00. The smallest absolute Gasteiger partial charge is 0.333 e. The number of hydrogen-bond acceptors (Lipinski definition) is 2. The van der Waals surface area contributed by atoms with E-state index in [1.54, 1.807) is 6.92 Å². The van der Waals surface area contributed by atoms with Gasteiger partial charge in [0.1, 0.15) is 12.4 Å². The summed E-state index contributed by atoms with van der Waals surface area (Å²) in [6, 6.07) is 0. The Balaban J connectivity index is 2.02. The van der Waals surface area contributed by atoms with Crippen molar-refractivity contribution in [2.24, 2.45) is 7.05 Å². The molecule has 0 aliphatic heterocycles. The number of carbonyl (C=O) groups is 1. The van der Waals surface area contributed by atoms with Gasteiger partial charge in [-0.3, -0.25) is 0 Å². The van der Waals surface area contributed by atoms with Crippen LogP contribution < -0.4 is 4.57 Å². The quantitative estimate of drug-likeness (QED) is 0.312. The molecule has 4 heteroatoms. The van der Waals surface area contributed by atoms with Gasteiger partial charge in [-0.05, 0) is 26.2 Å². The van der Waals surface area contributed by atoms with Gasteiger partial charge in [-0.25, -0.2) is 13.9 Å². The Kier molecular flexibility index (Phi) is 5.46. The standard InChI is InChI=1S/C13H21N2O2/c1-12(2)13(16)17-10-6-4-5-7-15-9-8-14(3)11-15/h8-9,11H,1,4-7,10H2,2-3H3/q+1. The molecule has 1 rings (SSSR count). The van der Waals surface area contributed by atoms with E-state index in [2.05, 4.69) is 23.7 Å². The average Bonchev–Trinajstić information content (AvgIpc) is 2.68. The minimum absolute atomic E-state index is 0.289. The third-order valence-electron chi connectivity index (χ3n) is 2.47. The highest BCUT2D eigenvalue weighted by molar-refractivity contribution is 5.86. The van der Waals surface area contributed by atoms with Gasteiger partial charge >= 0.3 is 5.97 Å². The number of nitrogens with zero attached hydrogens (tertiary/aromatic N) is 2. The number of esters is 1. The number of aryl methyl sites for hydroxylation is 2. The van der Waals surface area contributed by atoms with Crippen LogP contribution in [0.4, 0.5) is 0 Å². The molecule has 0 saturated carbocycles. The van der Waals surface area contributed by atoms with Crippen molar-refractivity contribution in [2.75, 3.05) is 6.61 Å². The van der Waals surface area contributed by atoms with Crippen LogP contribution in [-0.2, 0) is 23.1 Å². The van der Waals surface area contributed by atoms with Gasteiger partial charge in [0.25, 0.3) is 0 Å². The van der Waals surface area contributed by atoms with E-state index in [0.717, 1.165) is 25.8 Å². The Morgan fingerprint density at radius 3 is 2.76 bits per heavy atom. The zero-order chi connectivity index (χ0) is 12.7. The summed E-state index contributed by atoms with van der Waals surface area (Å²) in [4.78, 5) is 11.1. The van der Waals surface area contributed by atoms with Gasteiger partial charge in [0.15, 0.2) is 0 Å². The molecule has 0 amide bonds. The van der Waals surface area contributed by atoms with Crippen molar-refractivity contribution in [3.05, 3.63) is 30.9 Å². The molecule has 0 bridgehead atoms. The first-order valence-electron chi connectivity index (χ1n) is 5.93. The normalized spacial score (nSPS) is 10.2. The predicted octanol–water partition coefficient (Wildman–Crippen LogP) is 1.60. The molecule has 1 aromatic heterocycles. The fourth-order valence-corrected chi connectivity index (χ4v) is 1.50. The molecular weight excluding hydrogens is 216 g/mol. The maximum atomic E-state index is 11.1. The van der Waals surface area contributed by atoms with Crippen LogP contribution in [0.15, 0.2) is 30.9 Å². The second-order valence-electron chi connectivity index (χ2n) is 4.29. The molecule has 0 fully saturated rings. The van der Waals surface area contributed by atoms with E-state index in [4.69, 9.17) is 4.74 Å². The molecule has 0 aromatic carbocycles. The molecule has 0 radical (unpaired) electrons. The summed E-state index contributed by atoms with van der Waals surface area (Å²) in [6.07, 6.45) is 9.20.